The molecule has 1 amide bonds. The standard InChI is InChI=1S/C10H14ClNO2S/c1-3-7(4-13)12-10(14)9-8(11)6(2)5-15-9/h5,7,13H,3-4H2,1-2H3,(H,12,14)/t7-/m0/s1. The average molecular weight is 248 g/mol. The highest BCUT2D eigenvalue weighted by Crippen LogP contribution is 2.26. The number of hydrogen-bond acceptors (Lipinski definition) is 3. The van der Waals surface area contributed by atoms with Crippen LogP contribution in [0.2, 0.25) is 5.02 Å². The molecule has 1 atom stereocenters. The van der Waals surface area contributed by atoms with E-state index in [2.05, 4.69) is 5.32 Å². The molecule has 0 unspecified atom stereocenters. The number of thiophene rings is 1. The van der Waals surface area contributed by atoms with Gasteiger partial charge in [-0.2, -0.15) is 0 Å². The van der Waals surface area contributed by atoms with Crippen molar-refractivity contribution in [3.05, 3.63) is 20.8 Å². The second-order valence-electron chi connectivity index (χ2n) is 3.32. The van der Waals surface area contributed by atoms with Gasteiger partial charge >= 0.3 is 0 Å². The lowest BCUT2D eigenvalue weighted by molar-refractivity contribution is 0.0919. The molecule has 0 aliphatic carbocycles. The molecule has 5 heteroatoms. The summed E-state index contributed by atoms with van der Waals surface area (Å²) in [6.45, 7) is 3.71. The lowest BCUT2D eigenvalue weighted by atomic mass is 10.2. The van der Waals surface area contributed by atoms with Crippen molar-refractivity contribution in [3.63, 3.8) is 0 Å². The summed E-state index contributed by atoms with van der Waals surface area (Å²) in [6, 6.07) is -0.198. The van der Waals surface area contributed by atoms with E-state index in [1.807, 2.05) is 19.2 Å². The van der Waals surface area contributed by atoms with Gasteiger partial charge in [0.15, 0.2) is 0 Å². The summed E-state index contributed by atoms with van der Waals surface area (Å²) in [5.41, 5.74) is 0.906. The van der Waals surface area contributed by atoms with E-state index in [1.54, 1.807) is 0 Å². The minimum Gasteiger partial charge on any atom is -0.394 e. The van der Waals surface area contributed by atoms with Crippen molar-refractivity contribution in [3.8, 4) is 0 Å². The summed E-state index contributed by atoms with van der Waals surface area (Å²) in [5, 5.41) is 14.0. The van der Waals surface area contributed by atoms with Crippen molar-refractivity contribution >= 4 is 28.8 Å². The monoisotopic (exact) mass is 247 g/mol. The molecule has 2 N–H and O–H groups in total. The Morgan fingerprint density at radius 1 is 1.73 bits per heavy atom. The molecule has 0 radical (unpaired) electrons. The van der Waals surface area contributed by atoms with E-state index in [9.17, 15) is 4.79 Å². The third kappa shape index (κ3) is 2.93. The van der Waals surface area contributed by atoms with Crippen LogP contribution in [0.25, 0.3) is 0 Å². The van der Waals surface area contributed by atoms with Gasteiger partial charge in [0.05, 0.1) is 17.7 Å². The predicted molar refractivity (Wildman–Crippen MR) is 62.7 cm³/mol. The van der Waals surface area contributed by atoms with Crippen LogP contribution in [0.4, 0.5) is 0 Å². The summed E-state index contributed by atoms with van der Waals surface area (Å²) in [6.07, 6.45) is 0.699. The first kappa shape index (κ1) is 12.5. The van der Waals surface area contributed by atoms with E-state index in [0.29, 0.717) is 16.3 Å². The molecule has 1 heterocycles. The van der Waals surface area contributed by atoms with Gasteiger partial charge in [-0.05, 0) is 24.3 Å². The van der Waals surface area contributed by atoms with Gasteiger partial charge in [0.2, 0.25) is 0 Å². The fourth-order valence-corrected chi connectivity index (χ4v) is 2.29. The lowest BCUT2D eigenvalue weighted by Gasteiger charge is -2.13. The maximum atomic E-state index is 11.7. The van der Waals surface area contributed by atoms with Crippen LogP contribution >= 0.6 is 22.9 Å². The van der Waals surface area contributed by atoms with Gasteiger partial charge in [-0.15, -0.1) is 11.3 Å². The first-order valence-corrected chi connectivity index (χ1v) is 6.01. The third-order valence-electron chi connectivity index (χ3n) is 2.15. The second-order valence-corrected chi connectivity index (χ2v) is 4.58. The summed E-state index contributed by atoms with van der Waals surface area (Å²) in [4.78, 5) is 12.2. The Balaban J connectivity index is 2.73. The molecular formula is C10H14ClNO2S. The molecule has 0 bridgehead atoms. The van der Waals surface area contributed by atoms with Crippen LogP contribution in [-0.2, 0) is 0 Å². The minimum atomic E-state index is -0.209. The molecule has 84 valence electrons. The van der Waals surface area contributed by atoms with E-state index in [0.717, 1.165) is 5.56 Å². The zero-order valence-electron chi connectivity index (χ0n) is 8.71. The zero-order chi connectivity index (χ0) is 11.4. The molecule has 0 aliphatic rings. The number of aliphatic hydroxyl groups is 1. The van der Waals surface area contributed by atoms with Crippen LogP contribution in [0, 0.1) is 6.92 Å². The first-order chi connectivity index (χ1) is 7.10. The Hall–Kier alpha value is -0.580. The summed E-state index contributed by atoms with van der Waals surface area (Å²) in [7, 11) is 0. The second kappa shape index (κ2) is 5.49. The van der Waals surface area contributed by atoms with Gasteiger partial charge in [-0.1, -0.05) is 18.5 Å². The number of carbonyl (C=O) groups excluding carboxylic acids is 1. The van der Waals surface area contributed by atoms with Crippen molar-refractivity contribution < 1.29 is 9.90 Å². The molecule has 1 aromatic rings. The molecule has 1 rings (SSSR count). The molecule has 15 heavy (non-hydrogen) atoms. The molecular weight excluding hydrogens is 234 g/mol. The maximum absolute atomic E-state index is 11.7. The van der Waals surface area contributed by atoms with E-state index in [4.69, 9.17) is 16.7 Å². The van der Waals surface area contributed by atoms with Crippen LogP contribution in [0.15, 0.2) is 5.38 Å². The van der Waals surface area contributed by atoms with Crippen molar-refractivity contribution in [1.82, 2.24) is 5.32 Å². The topological polar surface area (TPSA) is 49.3 Å². The number of nitrogens with one attached hydrogen (secondary N) is 1. The van der Waals surface area contributed by atoms with E-state index >= 15 is 0 Å². The summed E-state index contributed by atoms with van der Waals surface area (Å²) in [5.74, 6) is -0.209. The fraction of sp³-hybridized carbons (Fsp3) is 0.500. The van der Waals surface area contributed by atoms with Crippen LogP contribution < -0.4 is 5.32 Å². The average Bonchev–Trinajstić information content (AvgIpc) is 2.56. The van der Waals surface area contributed by atoms with Crippen LogP contribution in [0.5, 0.6) is 0 Å². The molecule has 0 saturated carbocycles. The van der Waals surface area contributed by atoms with Gasteiger partial charge in [0.1, 0.15) is 4.88 Å². The van der Waals surface area contributed by atoms with Crippen LogP contribution in [0.1, 0.15) is 28.6 Å². The lowest BCUT2D eigenvalue weighted by Crippen LogP contribution is -2.36. The smallest absolute Gasteiger partial charge is 0.263 e. The molecule has 3 nitrogen and oxygen atoms in total. The highest BCUT2D eigenvalue weighted by Gasteiger charge is 2.16. The highest BCUT2D eigenvalue weighted by molar-refractivity contribution is 7.13. The summed E-state index contributed by atoms with van der Waals surface area (Å²) >= 11 is 7.28. The largest absolute Gasteiger partial charge is 0.394 e. The van der Waals surface area contributed by atoms with Crippen molar-refractivity contribution in [2.45, 2.75) is 26.3 Å². The van der Waals surface area contributed by atoms with Crippen molar-refractivity contribution in [2.24, 2.45) is 0 Å². The number of carbonyl (C=O) groups is 1. The molecule has 0 aromatic carbocycles. The van der Waals surface area contributed by atoms with E-state index in [1.165, 1.54) is 11.3 Å². The predicted octanol–water partition coefficient (Wildman–Crippen LogP) is 2.21. The molecule has 0 spiro atoms. The number of hydrogen-bond donors (Lipinski definition) is 2. The van der Waals surface area contributed by atoms with Gasteiger partial charge < -0.3 is 10.4 Å². The van der Waals surface area contributed by atoms with Gasteiger partial charge in [-0.3, -0.25) is 4.79 Å². The molecule has 0 fully saturated rings. The molecule has 1 aromatic heterocycles. The van der Waals surface area contributed by atoms with Gasteiger partial charge in [0.25, 0.3) is 5.91 Å². The number of aryl methyl sites for hydroxylation is 1. The SMILES string of the molecule is CC[C@@H](CO)NC(=O)c1scc(C)c1Cl. The van der Waals surface area contributed by atoms with Crippen LogP contribution in [-0.4, -0.2) is 23.7 Å². The Morgan fingerprint density at radius 2 is 2.40 bits per heavy atom. The zero-order valence-corrected chi connectivity index (χ0v) is 10.3. The minimum absolute atomic E-state index is 0.0514. The summed E-state index contributed by atoms with van der Waals surface area (Å²) < 4.78 is 0. The number of halogens is 1. The quantitative estimate of drug-likeness (QED) is 0.857. The third-order valence-corrected chi connectivity index (χ3v) is 3.85. The fourth-order valence-electron chi connectivity index (χ4n) is 1.11. The van der Waals surface area contributed by atoms with Gasteiger partial charge in [0, 0.05) is 0 Å². The molecule has 0 aliphatic heterocycles. The van der Waals surface area contributed by atoms with Crippen molar-refractivity contribution in [1.29, 1.82) is 0 Å². The molecule has 0 saturated heterocycles. The Kier molecular flexibility index (Phi) is 4.57. The maximum Gasteiger partial charge on any atom is 0.263 e. The number of amides is 1. The van der Waals surface area contributed by atoms with Gasteiger partial charge in [-0.25, -0.2) is 0 Å². The Bertz CT molecular complexity index is 347. The number of aliphatic hydroxyl groups excluding tert-OH is 1. The van der Waals surface area contributed by atoms with E-state index in [-0.39, 0.29) is 18.6 Å². The first-order valence-electron chi connectivity index (χ1n) is 4.75. The normalized spacial score (nSPS) is 12.5. The highest BCUT2D eigenvalue weighted by atomic mass is 35.5. The number of rotatable bonds is 4. The Labute approximate surface area is 98.1 Å². The van der Waals surface area contributed by atoms with Crippen molar-refractivity contribution in [2.75, 3.05) is 6.61 Å². The van der Waals surface area contributed by atoms with Crippen LogP contribution in [0.3, 0.4) is 0 Å². The van der Waals surface area contributed by atoms with E-state index < -0.39 is 0 Å². The Morgan fingerprint density at radius 3 is 2.80 bits per heavy atom.